The van der Waals surface area contributed by atoms with Crippen molar-refractivity contribution in [2.45, 2.75) is 70.7 Å². The number of ketones is 1. The average molecular weight is 382 g/mol. The summed E-state index contributed by atoms with van der Waals surface area (Å²) < 4.78 is 0. The maximum Gasteiger partial charge on any atom is 0.171 e. The molecule has 0 aromatic carbocycles. The van der Waals surface area contributed by atoms with Crippen LogP contribution < -0.4 is 0 Å². The van der Waals surface area contributed by atoms with Gasteiger partial charge in [-0.25, -0.2) is 0 Å². The number of aliphatic hydroxyl groups is 5. The van der Waals surface area contributed by atoms with Crippen molar-refractivity contribution in [2.24, 2.45) is 35.0 Å². The van der Waals surface area contributed by atoms with Gasteiger partial charge in [0, 0.05) is 23.9 Å². The number of hydrogen-bond donors (Lipinski definition) is 5. The van der Waals surface area contributed by atoms with Crippen LogP contribution in [0.4, 0.5) is 0 Å². The molecular formula is C21H34O6. The van der Waals surface area contributed by atoms with Gasteiger partial charge in [0.15, 0.2) is 5.78 Å². The molecule has 9 atom stereocenters. The van der Waals surface area contributed by atoms with Crippen molar-refractivity contribution in [3.63, 3.8) is 0 Å². The first-order chi connectivity index (χ1) is 12.3. The molecule has 4 aliphatic rings. The number of rotatable bonds is 3. The van der Waals surface area contributed by atoms with Crippen molar-refractivity contribution in [2.75, 3.05) is 6.61 Å². The van der Waals surface area contributed by atoms with E-state index in [1.807, 2.05) is 20.8 Å². The second kappa shape index (κ2) is 6.02. The fourth-order valence-electron chi connectivity index (χ4n) is 7.53. The maximum absolute atomic E-state index is 13.5. The third-order valence-corrected chi connectivity index (χ3v) is 8.22. The minimum absolute atomic E-state index is 0.0609. The molecule has 0 aromatic rings. The molecule has 27 heavy (non-hydrogen) atoms. The van der Waals surface area contributed by atoms with Crippen LogP contribution in [0.15, 0.2) is 11.8 Å². The summed E-state index contributed by atoms with van der Waals surface area (Å²) in [5, 5.41) is 54.1. The predicted molar refractivity (Wildman–Crippen MR) is 99.8 cm³/mol. The van der Waals surface area contributed by atoms with Crippen LogP contribution in [-0.2, 0) is 4.79 Å². The normalized spacial score (nSPS) is 54.9. The Labute approximate surface area is 160 Å². The van der Waals surface area contributed by atoms with E-state index in [0.717, 1.165) is 0 Å². The van der Waals surface area contributed by atoms with Crippen LogP contribution in [0.1, 0.15) is 53.9 Å². The van der Waals surface area contributed by atoms with E-state index < -0.39 is 34.1 Å². The largest absolute Gasteiger partial charge is 0.515 e. The highest BCUT2D eigenvalue weighted by atomic mass is 16.4. The summed E-state index contributed by atoms with van der Waals surface area (Å²) in [5.74, 6) is -2.27. The van der Waals surface area contributed by atoms with Crippen LogP contribution in [0.2, 0.25) is 0 Å². The zero-order valence-electron chi connectivity index (χ0n) is 16.9. The number of hydrogen-bond acceptors (Lipinski definition) is 6. The standard InChI is InChI=1S/C21H34O6/c1-6-12(9-22)16-19(4)15-11(2)7-18(3,25)8-13(15)21(27,20(16,5)26)14(10-23)17(19)24/h10-13,15-16,22-23,25-27H,6-9H2,1-5H3/b14-10+/t11-,12?,13+,15?,16?,18-,19-,20?,21?/m1/s1. The van der Waals surface area contributed by atoms with E-state index in [9.17, 15) is 30.3 Å². The molecular weight excluding hydrogens is 348 g/mol. The first kappa shape index (κ1) is 20.8. The van der Waals surface area contributed by atoms with E-state index >= 15 is 0 Å². The molecule has 4 saturated carbocycles. The van der Waals surface area contributed by atoms with Gasteiger partial charge in [-0.15, -0.1) is 0 Å². The van der Waals surface area contributed by atoms with E-state index in [4.69, 9.17) is 0 Å². The monoisotopic (exact) mass is 382 g/mol. The van der Waals surface area contributed by atoms with Crippen molar-refractivity contribution < 1.29 is 30.3 Å². The summed E-state index contributed by atoms with van der Waals surface area (Å²) in [7, 11) is 0. The van der Waals surface area contributed by atoms with E-state index in [0.29, 0.717) is 19.1 Å². The van der Waals surface area contributed by atoms with E-state index in [-0.39, 0.29) is 42.1 Å². The number of carbonyl (C=O) groups is 1. The van der Waals surface area contributed by atoms with Gasteiger partial charge in [0.2, 0.25) is 0 Å². The topological polar surface area (TPSA) is 118 Å². The van der Waals surface area contributed by atoms with Crippen molar-refractivity contribution in [3.8, 4) is 0 Å². The van der Waals surface area contributed by atoms with Gasteiger partial charge in [-0.3, -0.25) is 4.79 Å². The first-order valence-electron chi connectivity index (χ1n) is 10.0. The summed E-state index contributed by atoms with van der Waals surface area (Å²) in [5.41, 5.74) is -5.97. The van der Waals surface area contributed by atoms with Crippen molar-refractivity contribution in [1.29, 1.82) is 0 Å². The highest BCUT2D eigenvalue weighted by Crippen LogP contribution is 2.71. The first-order valence-corrected chi connectivity index (χ1v) is 10.0. The van der Waals surface area contributed by atoms with Gasteiger partial charge in [-0.2, -0.15) is 0 Å². The Hall–Kier alpha value is -0.950. The zero-order chi connectivity index (χ0) is 20.6. The molecule has 0 radical (unpaired) electrons. The zero-order valence-corrected chi connectivity index (χ0v) is 16.9. The highest BCUT2D eigenvalue weighted by Gasteiger charge is 2.79. The Morgan fingerprint density at radius 3 is 2.26 bits per heavy atom. The fraction of sp³-hybridized carbons (Fsp3) is 0.857. The van der Waals surface area contributed by atoms with Crippen molar-refractivity contribution in [3.05, 3.63) is 11.8 Å². The average Bonchev–Trinajstić information content (AvgIpc) is 2.55. The molecule has 154 valence electrons. The molecule has 6 nitrogen and oxygen atoms in total. The van der Waals surface area contributed by atoms with Gasteiger partial charge in [0.05, 0.1) is 23.0 Å². The maximum atomic E-state index is 13.5. The summed E-state index contributed by atoms with van der Waals surface area (Å²) in [6.45, 7) is 8.70. The van der Waals surface area contributed by atoms with Gasteiger partial charge < -0.3 is 25.5 Å². The lowest BCUT2D eigenvalue weighted by Gasteiger charge is -2.72. The quantitative estimate of drug-likeness (QED) is 0.373. The number of carbonyl (C=O) groups excluding carboxylic acids is 1. The molecule has 0 heterocycles. The van der Waals surface area contributed by atoms with Crippen molar-refractivity contribution in [1.82, 2.24) is 0 Å². The number of Topliss-reactive ketones (excluding diaryl/α,β-unsaturated/α-hetero) is 1. The van der Waals surface area contributed by atoms with Crippen LogP contribution in [0.5, 0.6) is 0 Å². The summed E-state index contributed by atoms with van der Waals surface area (Å²) in [6, 6.07) is 0. The predicted octanol–water partition coefficient (Wildman–Crippen LogP) is 1.56. The Kier molecular flexibility index (Phi) is 4.63. The molecule has 0 saturated heterocycles. The van der Waals surface area contributed by atoms with Crippen LogP contribution in [0, 0.1) is 35.0 Å². The summed E-state index contributed by atoms with van der Waals surface area (Å²) in [6.07, 6.45) is 1.92. The molecule has 0 amide bonds. The number of aliphatic hydroxyl groups excluding tert-OH is 2. The van der Waals surface area contributed by atoms with Gasteiger partial charge in [0.25, 0.3) is 0 Å². The third-order valence-electron chi connectivity index (χ3n) is 8.22. The van der Waals surface area contributed by atoms with E-state index in [1.165, 1.54) is 6.92 Å². The van der Waals surface area contributed by atoms with Gasteiger partial charge in [-0.05, 0) is 44.4 Å². The molecule has 0 spiro atoms. The highest BCUT2D eigenvalue weighted by molar-refractivity contribution is 6.04. The minimum atomic E-state index is -1.98. The second-order valence-electron chi connectivity index (χ2n) is 9.91. The third kappa shape index (κ3) is 2.30. The molecule has 0 aromatic heterocycles. The van der Waals surface area contributed by atoms with E-state index in [2.05, 4.69) is 0 Å². The number of fused-ring (bicyclic) bond motifs is 2. The van der Waals surface area contributed by atoms with Crippen LogP contribution >= 0.6 is 0 Å². The molecule has 6 heteroatoms. The molecule has 5 N–H and O–H groups in total. The summed E-state index contributed by atoms with van der Waals surface area (Å²) >= 11 is 0. The molecule has 4 fully saturated rings. The van der Waals surface area contributed by atoms with Crippen LogP contribution in [-0.4, -0.2) is 54.7 Å². The lowest BCUT2D eigenvalue weighted by molar-refractivity contribution is -0.304. The van der Waals surface area contributed by atoms with Gasteiger partial charge in [-0.1, -0.05) is 27.2 Å². The molecule has 2 bridgehead atoms. The SMILES string of the molecule is CCC(CO)C1C(C)(O)C2(O)/C(=C/O)C(=O)[C@]1(C)C1[C@H](C)C[C@@](C)(O)C[C@@H]12. The van der Waals surface area contributed by atoms with E-state index in [1.54, 1.807) is 6.92 Å². The molecule has 5 unspecified atom stereocenters. The smallest absolute Gasteiger partial charge is 0.171 e. The Morgan fingerprint density at radius 1 is 1.19 bits per heavy atom. The lowest BCUT2D eigenvalue weighted by Crippen LogP contribution is -2.82. The fourth-order valence-corrected chi connectivity index (χ4v) is 7.53. The Morgan fingerprint density at radius 2 is 1.78 bits per heavy atom. The van der Waals surface area contributed by atoms with Crippen molar-refractivity contribution >= 4 is 5.78 Å². The molecule has 4 rings (SSSR count). The Bertz CT molecular complexity index is 664. The summed E-state index contributed by atoms with van der Waals surface area (Å²) in [4.78, 5) is 13.5. The van der Waals surface area contributed by atoms with Crippen LogP contribution in [0.25, 0.3) is 0 Å². The minimum Gasteiger partial charge on any atom is -0.515 e. The Balaban J connectivity index is 2.32. The van der Waals surface area contributed by atoms with Crippen LogP contribution in [0.3, 0.4) is 0 Å². The van der Waals surface area contributed by atoms with Gasteiger partial charge >= 0.3 is 0 Å². The second-order valence-corrected chi connectivity index (χ2v) is 9.91. The lowest BCUT2D eigenvalue weighted by atomic mass is 9.33. The molecule has 4 aliphatic carbocycles. The van der Waals surface area contributed by atoms with Gasteiger partial charge in [0.1, 0.15) is 5.60 Å². The molecule has 0 aliphatic heterocycles.